The van der Waals surface area contributed by atoms with Crippen LogP contribution in [-0.4, -0.2) is 44.1 Å². The summed E-state index contributed by atoms with van der Waals surface area (Å²) in [6.07, 6.45) is 0. The highest BCUT2D eigenvalue weighted by Gasteiger charge is 2.48. The fourth-order valence-corrected chi connectivity index (χ4v) is 4.17. The lowest BCUT2D eigenvalue weighted by molar-refractivity contribution is -0.132. The predicted octanol–water partition coefficient (Wildman–Crippen LogP) is 4.12. The summed E-state index contributed by atoms with van der Waals surface area (Å²) in [5, 5.41) is 11.3. The van der Waals surface area contributed by atoms with Gasteiger partial charge in [-0.2, -0.15) is 0 Å². The third-order valence-electron chi connectivity index (χ3n) is 5.79. The quantitative estimate of drug-likeness (QED) is 0.249. The highest BCUT2D eigenvalue weighted by Crippen LogP contribution is 2.45. The Kier molecular flexibility index (Phi) is 6.55. The molecule has 1 fully saturated rings. The largest absolute Gasteiger partial charge is 0.507 e. The fraction of sp³-hybridized carbons (Fsp3) is 0.148. The second-order valence-electron chi connectivity index (χ2n) is 7.65. The number of para-hydroxylation sites is 2. The summed E-state index contributed by atoms with van der Waals surface area (Å²) >= 11 is 0. The van der Waals surface area contributed by atoms with Crippen LogP contribution in [0.3, 0.4) is 0 Å². The molecule has 3 aromatic carbocycles. The average Bonchev–Trinajstić information content (AvgIpc) is 3.17. The van der Waals surface area contributed by atoms with Crippen LogP contribution in [0.15, 0.2) is 78.4 Å². The molecule has 35 heavy (non-hydrogen) atoms. The van der Waals surface area contributed by atoms with Crippen LogP contribution in [-0.2, 0) is 14.3 Å². The van der Waals surface area contributed by atoms with Crippen molar-refractivity contribution in [3.05, 3.63) is 95.1 Å². The van der Waals surface area contributed by atoms with E-state index < -0.39 is 23.7 Å². The van der Waals surface area contributed by atoms with E-state index in [2.05, 4.69) is 0 Å². The van der Waals surface area contributed by atoms with Gasteiger partial charge in [0, 0.05) is 11.3 Å². The van der Waals surface area contributed by atoms with E-state index in [1.807, 2.05) is 0 Å². The maximum Gasteiger partial charge on any atom is 0.337 e. The highest BCUT2D eigenvalue weighted by molar-refractivity contribution is 6.51. The number of hydrogen-bond acceptors (Lipinski definition) is 7. The summed E-state index contributed by atoms with van der Waals surface area (Å²) in [7, 11) is 4.17. The molecule has 8 nitrogen and oxygen atoms in total. The van der Waals surface area contributed by atoms with Gasteiger partial charge in [0.05, 0.1) is 44.1 Å². The number of carbonyl (C=O) groups is 3. The third-order valence-corrected chi connectivity index (χ3v) is 5.79. The maximum absolute atomic E-state index is 13.4. The minimum absolute atomic E-state index is 0.132. The Hall–Kier alpha value is -4.59. The first-order valence-electron chi connectivity index (χ1n) is 10.7. The van der Waals surface area contributed by atoms with E-state index in [4.69, 9.17) is 14.2 Å². The number of hydrogen-bond donors (Lipinski definition) is 1. The maximum atomic E-state index is 13.4. The number of esters is 1. The first-order valence-corrected chi connectivity index (χ1v) is 10.7. The van der Waals surface area contributed by atoms with Crippen molar-refractivity contribution in [2.45, 2.75) is 6.04 Å². The van der Waals surface area contributed by atoms with Gasteiger partial charge < -0.3 is 19.3 Å². The summed E-state index contributed by atoms with van der Waals surface area (Å²) in [6, 6.07) is 18.7. The number of benzene rings is 3. The Balaban J connectivity index is 2.00. The van der Waals surface area contributed by atoms with Crippen molar-refractivity contribution in [1.29, 1.82) is 0 Å². The molecule has 1 heterocycles. The molecular formula is C27H23NO7. The lowest BCUT2D eigenvalue weighted by atomic mass is 9.94. The minimum atomic E-state index is -1.04. The minimum Gasteiger partial charge on any atom is -0.507 e. The Morgan fingerprint density at radius 3 is 2.20 bits per heavy atom. The zero-order valence-electron chi connectivity index (χ0n) is 19.3. The molecule has 0 saturated carbocycles. The van der Waals surface area contributed by atoms with Crippen molar-refractivity contribution in [2.75, 3.05) is 26.2 Å². The molecule has 0 spiro atoms. The van der Waals surface area contributed by atoms with Crippen LogP contribution in [0.1, 0.15) is 27.5 Å². The molecule has 1 amide bonds. The molecule has 1 aliphatic heterocycles. The molecule has 4 rings (SSSR count). The van der Waals surface area contributed by atoms with Gasteiger partial charge in [-0.3, -0.25) is 14.5 Å². The monoisotopic (exact) mass is 473 g/mol. The van der Waals surface area contributed by atoms with Crippen molar-refractivity contribution in [1.82, 2.24) is 0 Å². The van der Waals surface area contributed by atoms with Gasteiger partial charge in [-0.25, -0.2) is 4.79 Å². The van der Waals surface area contributed by atoms with Gasteiger partial charge in [-0.1, -0.05) is 36.4 Å². The Bertz CT molecular complexity index is 1340. The number of ketones is 1. The Morgan fingerprint density at radius 2 is 1.51 bits per heavy atom. The zero-order chi connectivity index (χ0) is 25.1. The van der Waals surface area contributed by atoms with E-state index in [0.29, 0.717) is 17.1 Å². The number of aliphatic hydroxyl groups excluding tert-OH is 1. The number of methoxy groups -OCH3 is 3. The van der Waals surface area contributed by atoms with Crippen molar-refractivity contribution in [3.8, 4) is 11.5 Å². The number of anilines is 1. The number of ether oxygens (including phenoxy) is 3. The lowest BCUT2D eigenvalue weighted by Crippen LogP contribution is -2.29. The normalized spacial score (nSPS) is 16.8. The van der Waals surface area contributed by atoms with Gasteiger partial charge in [0.2, 0.25) is 0 Å². The second-order valence-corrected chi connectivity index (χ2v) is 7.65. The van der Waals surface area contributed by atoms with Crippen molar-refractivity contribution in [2.24, 2.45) is 0 Å². The van der Waals surface area contributed by atoms with Gasteiger partial charge in [-0.15, -0.1) is 0 Å². The van der Waals surface area contributed by atoms with Crippen LogP contribution in [0.5, 0.6) is 11.5 Å². The topological polar surface area (TPSA) is 102 Å². The molecule has 1 N–H and O–H groups in total. The molecule has 3 aromatic rings. The van der Waals surface area contributed by atoms with Crippen LogP contribution >= 0.6 is 0 Å². The summed E-state index contributed by atoms with van der Waals surface area (Å²) in [6.45, 7) is 0. The molecule has 8 heteroatoms. The van der Waals surface area contributed by atoms with E-state index in [0.717, 1.165) is 0 Å². The molecule has 1 atom stereocenters. The van der Waals surface area contributed by atoms with E-state index in [-0.39, 0.29) is 28.1 Å². The number of amides is 1. The number of carbonyl (C=O) groups excluding carboxylic acids is 3. The second kappa shape index (κ2) is 9.72. The van der Waals surface area contributed by atoms with Crippen LogP contribution in [0.25, 0.3) is 5.76 Å². The number of nitrogens with zero attached hydrogens (tertiary/aromatic N) is 1. The predicted molar refractivity (Wildman–Crippen MR) is 129 cm³/mol. The standard InChI is InChI=1S/C27H23NO7/c1-33-20-13-6-4-11-18(20)23-22(24(29)19-12-5-7-14-21(19)34-2)25(30)26(31)28(23)17-10-8-9-16(15-17)27(32)35-3/h4-15,23,29H,1-3H3/b24-22+. The van der Waals surface area contributed by atoms with E-state index in [1.165, 1.54) is 32.3 Å². The number of aliphatic hydroxyl groups is 1. The van der Waals surface area contributed by atoms with Crippen molar-refractivity contribution >= 4 is 29.1 Å². The van der Waals surface area contributed by atoms with E-state index in [1.54, 1.807) is 66.7 Å². The van der Waals surface area contributed by atoms with Gasteiger partial charge in [0.25, 0.3) is 11.7 Å². The first kappa shape index (κ1) is 23.6. The molecule has 0 aromatic heterocycles. The molecule has 178 valence electrons. The first-order chi connectivity index (χ1) is 16.9. The van der Waals surface area contributed by atoms with Crippen LogP contribution < -0.4 is 14.4 Å². The van der Waals surface area contributed by atoms with Crippen LogP contribution in [0.4, 0.5) is 5.69 Å². The zero-order valence-corrected chi connectivity index (χ0v) is 19.3. The van der Waals surface area contributed by atoms with Crippen molar-refractivity contribution in [3.63, 3.8) is 0 Å². The van der Waals surface area contributed by atoms with Crippen LogP contribution in [0, 0.1) is 0 Å². The summed E-state index contributed by atoms with van der Waals surface area (Å²) in [5.74, 6) is -1.97. The highest BCUT2D eigenvalue weighted by atomic mass is 16.5. The lowest BCUT2D eigenvalue weighted by Gasteiger charge is -2.27. The van der Waals surface area contributed by atoms with Gasteiger partial charge in [0.1, 0.15) is 17.3 Å². The molecule has 0 radical (unpaired) electrons. The average molecular weight is 473 g/mol. The number of Topliss-reactive ketones (excluding diaryl/α,β-unsaturated/α-hetero) is 1. The molecule has 1 unspecified atom stereocenters. The summed E-state index contributed by atoms with van der Waals surface area (Å²) in [5.41, 5.74) is 1.10. The van der Waals surface area contributed by atoms with Crippen LogP contribution in [0.2, 0.25) is 0 Å². The van der Waals surface area contributed by atoms with Gasteiger partial charge in [-0.05, 0) is 36.4 Å². The fourth-order valence-electron chi connectivity index (χ4n) is 4.17. The third kappa shape index (κ3) is 4.10. The molecule has 1 aliphatic rings. The molecule has 1 saturated heterocycles. The Morgan fingerprint density at radius 1 is 0.857 bits per heavy atom. The van der Waals surface area contributed by atoms with Crippen molar-refractivity contribution < 1.29 is 33.7 Å². The van der Waals surface area contributed by atoms with Gasteiger partial charge in [0.15, 0.2) is 0 Å². The molecule has 0 aliphatic carbocycles. The Labute approximate surface area is 202 Å². The van der Waals surface area contributed by atoms with E-state index in [9.17, 15) is 19.5 Å². The smallest absolute Gasteiger partial charge is 0.337 e. The summed E-state index contributed by atoms with van der Waals surface area (Å²) < 4.78 is 15.7. The molecular weight excluding hydrogens is 450 g/mol. The van der Waals surface area contributed by atoms with E-state index >= 15 is 0 Å². The SMILES string of the molecule is COC(=O)c1cccc(N2C(=O)C(=O)/C(=C(/O)c3ccccc3OC)C2c2ccccc2OC)c1. The number of rotatable bonds is 6. The molecule has 0 bridgehead atoms. The van der Waals surface area contributed by atoms with Gasteiger partial charge >= 0.3 is 5.97 Å². The summed E-state index contributed by atoms with van der Waals surface area (Å²) in [4.78, 5) is 40.1.